The van der Waals surface area contributed by atoms with Gasteiger partial charge in [0.25, 0.3) is 0 Å². The van der Waals surface area contributed by atoms with Crippen LogP contribution in [0.3, 0.4) is 0 Å². The van der Waals surface area contributed by atoms with Crippen LogP contribution in [0.4, 0.5) is 0 Å². The normalized spacial score (nSPS) is 43.9. The zero-order valence-electron chi connectivity index (χ0n) is 14.0. The molecule has 4 aliphatic rings. The lowest BCUT2D eigenvalue weighted by molar-refractivity contribution is -0.938. The van der Waals surface area contributed by atoms with Crippen molar-refractivity contribution in [3.63, 3.8) is 0 Å². The number of aromatic hydroxyl groups is 1. The lowest BCUT2D eigenvalue weighted by atomic mass is 9.52. The smallest absolute Gasteiger partial charge is 0.165 e. The second-order valence-corrected chi connectivity index (χ2v) is 8.12. The minimum Gasteiger partial charge on any atom is -0.504 e. The molecule has 2 aliphatic heterocycles. The zero-order chi connectivity index (χ0) is 16.7. The van der Waals surface area contributed by atoms with Crippen molar-refractivity contribution >= 4 is 0 Å². The molecule has 0 amide bonds. The van der Waals surface area contributed by atoms with Crippen molar-refractivity contribution in [3.8, 4) is 11.5 Å². The van der Waals surface area contributed by atoms with Crippen LogP contribution in [-0.2, 0) is 11.8 Å². The van der Waals surface area contributed by atoms with Crippen LogP contribution in [0.2, 0.25) is 0 Å². The van der Waals surface area contributed by atoms with Gasteiger partial charge in [-0.1, -0.05) is 24.8 Å². The third kappa shape index (κ3) is 1.47. The molecule has 0 saturated carbocycles. The number of hydrogen-bond acceptors (Lipinski definition) is 3. The molecule has 1 aromatic rings. The molecule has 2 N–H and O–H groups in total. The van der Waals surface area contributed by atoms with Crippen molar-refractivity contribution in [1.82, 2.24) is 0 Å². The number of hydrogen-bond donors (Lipinski definition) is 2. The molecule has 24 heavy (non-hydrogen) atoms. The van der Waals surface area contributed by atoms with Gasteiger partial charge in [-0.2, -0.15) is 0 Å². The molecule has 0 radical (unpaired) electrons. The third-order valence-electron chi connectivity index (χ3n) is 7.09. The maximum atomic E-state index is 10.6. The third-order valence-corrected chi connectivity index (χ3v) is 7.09. The van der Waals surface area contributed by atoms with E-state index < -0.39 is 6.10 Å². The van der Waals surface area contributed by atoms with Gasteiger partial charge in [0.05, 0.1) is 25.6 Å². The molecule has 1 aromatic carbocycles. The number of phenols is 1. The molecule has 1 spiro atoms. The highest BCUT2D eigenvalue weighted by Gasteiger charge is 2.67. The lowest BCUT2D eigenvalue weighted by Crippen LogP contribution is -2.71. The molecule has 6 atom stereocenters. The molecule has 2 heterocycles. The number of nitrogens with zero attached hydrogens (tertiary/aromatic N) is 1. The fourth-order valence-corrected chi connectivity index (χ4v) is 6.02. The summed E-state index contributed by atoms with van der Waals surface area (Å²) in [6.45, 7) is 5.97. The first-order chi connectivity index (χ1) is 11.5. The predicted molar refractivity (Wildman–Crippen MR) is 91.1 cm³/mol. The van der Waals surface area contributed by atoms with Gasteiger partial charge in [0.15, 0.2) is 11.5 Å². The summed E-state index contributed by atoms with van der Waals surface area (Å²) in [5.41, 5.74) is 2.25. The molecule has 0 aromatic heterocycles. The van der Waals surface area contributed by atoms with Gasteiger partial charge in [-0.15, -0.1) is 0 Å². The lowest BCUT2D eigenvalue weighted by Gasteiger charge is -2.59. The van der Waals surface area contributed by atoms with Crippen LogP contribution >= 0.6 is 0 Å². The fourth-order valence-electron chi connectivity index (χ4n) is 6.02. The SMILES string of the molecule is C=CC[N+]1(C)CC[C@]23c4c5ccc(O)c4O[C@H]2[C@@H](O)C=C[C@H]3[C@H]1C5. The van der Waals surface area contributed by atoms with Crippen LogP contribution in [0.15, 0.2) is 36.9 Å². The van der Waals surface area contributed by atoms with Crippen molar-refractivity contribution < 1.29 is 19.4 Å². The fraction of sp³-hybridized carbons (Fsp3) is 0.500. The van der Waals surface area contributed by atoms with Crippen LogP contribution < -0.4 is 4.74 Å². The van der Waals surface area contributed by atoms with E-state index in [9.17, 15) is 10.2 Å². The summed E-state index contributed by atoms with van der Waals surface area (Å²) >= 11 is 0. The van der Waals surface area contributed by atoms with Crippen molar-refractivity contribution in [2.75, 3.05) is 20.1 Å². The Labute approximate surface area is 142 Å². The summed E-state index contributed by atoms with van der Waals surface area (Å²) in [6, 6.07) is 4.25. The Morgan fingerprint density at radius 2 is 2.25 bits per heavy atom. The summed E-state index contributed by atoms with van der Waals surface area (Å²) in [5, 5.41) is 20.9. The van der Waals surface area contributed by atoms with Gasteiger partial charge in [-0.3, -0.25) is 0 Å². The van der Waals surface area contributed by atoms with E-state index in [0.717, 1.165) is 30.4 Å². The minimum atomic E-state index is -0.615. The highest BCUT2D eigenvalue weighted by atomic mass is 16.5. The number of quaternary nitrogens is 1. The average molecular weight is 326 g/mol. The molecule has 126 valence electrons. The van der Waals surface area contributed by atoms with Crippen LogP contribution in [0, 0.1) is 5.92 Å². The maximum absolute atomic E-state index is 10.6. The minimum absolute atomic E-state index is 0.195. The Bertz CT molecular complexity index is 772. The van der Waals surface area contributed by atoms with E-state index in [0.29, 0.717) is 17.7 Å². The summed E-state index contributed by atoms with van der Waals surface area (Å²) in [4.78, 5) is 0. The quantitative estimate of drug-likeness (QED) is 0.645. The Kier molecular flexibility index (Phi) is 2.69. The molecule has 2 bridgehead atoms. The molecular weight excluding hydrogens is 302 g/mol. The Balaban J connectivity index is 1.78. The molecular formula is C20H24NO3+. The van der Waals surface area contributed by atoms with E-state index in [1.54, 1.807) is 6.07 Å². The Hall–Kier alpha value is -1.78. The highest BCUT2D eigenvalue weighted by molar-refractivity contribution is 5.61. The van der Waals surface area contributed by atoms with Gasteiger partial charge in [-0.05, 0) is 17.7 Å². The van der Waals surface area contributed by atoms with Crippen LogP contribution in [0.1, 0.15) is 17.5 Å². The number of likely N-dealkylation sites (tertiary alicyclic amines) is 1. The standard InChI is InChI=1S/C20H23NO3/c1-3-9-21(2)10-8-20-13-5-7-16(23)19(20)24-18-15(22)6-4-12(17(18)20)11-14(13)21/h3-7,13-14,16,19,23H,1,8-11H2,2H3/p+1/t13-,14+,16-,19-,20-,21?/m0/s1. The first kappa shape index (κ1) is 14.6. The van der Waals surface area contributed by atoms with Gasteiger partial charge < -0.3 is 19.4 Å². The van der Waals surface area contributed by atoms with E-state index in [2.05, 4.69) is 25.8 Å². The first-order valence-electron chi connectivity index (χ1n) is 8.85. The van der Waals surface area contributed by atoms with Crippen molar-refractivity contribution in [2.24, 2.45) is 5.92 Å². The Morgan fingerprint density at radius 3 is 3.04 bits per heavy atom. The molecule has 4 nitrogen and oxygen atoms in total. The van der Waals surface area contributed by atoms with E-state index in [-0.39, 0.29) is 17.3 Å². The summed E-state index contributed by atoms with van der Waals surface area (Å²) in [5.74, 6) is 1.15. The highest BCUT2D eigenvalue weighted by Crippen LogP contribution is 2.63. The number of benzene rings is 1. The largest absolute Gasteiger partial charge is 0.504 e. The van der Waals surface area contributed by atoms with Crippen LogP contribution in [-0.4, -0.2) is 53.1 Å². The van der Waals surface area contributed by atoms with Crippen LogP contribution in [0.5, 0.6) is 11.5 Å². The van der Waals surface area contributed by atoms with Gasteiger partial charge in [-0.25, -0.2) is 0 Å². The van der Waals surface area contributed by atoms with Crippen molar-refractivity contribution in [2.45, 2.75) is 36.5 Å². The van der Waals surface area contributed by atoms with Crippen LogP contribution in [0.25, 0.3) is 0 Å². The van der Waals surface area contributed by atoms with Crippen molar-refractivity contribution in [3.05, 3.63) is 48.1 Å². The van der Waals surface area contributed by atoms with Gasteiger partial charge in [0, 0.05) is 24.3 Å². The van der Waals surface area contributed by atoms with E-state index in [1.165, 1.54) is 11.1 Å². The topological polar surface area (TPSA) is 49.7 Å². The van der Waals surface area contributed by atoms with Gasteiger partial charge in [0.1, 0.15) is 18.2 Å². The number of aliphatic hydroxyl groups is 1. The monoisotopic (exact) mass is 326 g/mol. The second-order valence-electron chi connectivity index (χ2n) is 8.12. The number of likely N-dealkylation sites (N-methyl/N-ethyl adjacent to an activating group) is 1. The molecule has 1 unspecified atom stereocenters. The van der Waals surface area contributed by atoms with Gasteiger partial charge in [0.2, 0.25) is 0 Å². The van der Waals surface area contributed by atoms with Crippen molar-refractivity contribution in [1.29, 1.82) is 0 Å². The van der Waals surface area contributed by atoms with E-state index in [4.69, 9.17) is 4.74 Å². The molecule has 1 saturated heterocycles. The van der Waals surface area contributed by atoms with Gasteiger partial charge >= 0.3 is 0 Å². The summed E-state index contributed by atoms with van der Waals surface area (Å²) in [6.07, 6.45) is 7.20. The number of rotatable bonds is 2. The molecule has 4 heteroatoms. The average Bonchev–Trinajstić information content (AvgIpc) is 2.91. The number of aliphatic hydroxyl groups excluding tert-OH is 1. The predicted octanol–water partition coefficient (Wildman–Crippen LogP) is 1.90. The summed E-state index contributed by atoms with van der Waals surface area (Å²) < 4.78 is 7.16. The van der Waals surface area contributed by atoms with E-state index in [1.807, 2.05) is 12.2 Å². The van der Waals surface area contributed by atoms with E-state index >= 15 is 0 Å². The maximum Gasteiger partial charge on any atom is 0.165 e. The first-order valence-corrected chi connectivity index (χ1v) is 8.85. The number of ether oxygens (including phenoxy) is 1. The molecule has 2 aliphatic carbocycles. The zero-order valence-corrected chi connectivity index (χ0v) is 14.0. The molecule has 5 rings (SSSR count). The second kappa shape index (κ2) is 4.44. The number of phenolic OH excluding ortho intramolecular Hbond substituents is 1. The summed E-state index contributed by atoms with van der Waals surface area (Å²) in [7, 11) is 2.33. The Morgan fingerprint density at radius 1 is 1.42 bits per heavy atom. The molecule has 1 fully saturated rings. The number of piperidine rings is 1.